The number of carboxylic acid groups (broad SMARTS) is 1. The number of amides is 3. The van der Waals surface area contributed by atoms with Gasteiger partial charge < -0.3 is 25.8 Å². The highest BCUT2D eigenvalue weighted by Gasteiger charge is 2.27. The van der Waals surface area contributed by atoms with E-state index in [9.17, 15) is 14.4 Å². The Bertz CT molecular complexity index is 360. The third-order valence-electron chi connectivity index (χ3n) is 2.88. The van der Waals surface area contributed by atoms with Crippen LogP contribution in [0.15, 0.2) is 0 Å². The fourth-order valence-corrected chi connectivity index (χ4v) is 1.79. The van der Waals surface area contributed by atoms with Crippen molar-refractivity contribution in [2.75, 3.05) is 19.7 Å². The van der Waals surface area contributed by atoms with E-state index in [0.717, 1.165) is 6.42 Å². The molecule has 19 heavy (non-hydrogen) atoms. The second-order valence-corrected chi connectivity index (χ2v) is 4.36. The van der Waals surface area contributed by atoms with Gasteiger partial charge in [-0.2, -0.15) is 0 Å². The van der Waals surface area contributed by atoms with Crippen LogP contribution >= 0.6 is 0 Å². The molecule has 108 valence electrons. The average Bonchev–Trinajstić information content (AvgIpc) is 2.37. The van der Waals surface area contributed by atoms with E-state index in [-0.39, 0.29) is 6.10 Å². The van der Waals surface area contributed by atoms with Crippen LogP contribution in [0.2, 0.25) is 0 Å². The normalized spacial score (nSPS) is 20.7. The van der Waals surface area contributed by atoms with Crippen molar-refractivity contribution < 1.29 is 24.2 Å². The minimum atomic E-state index is -1.30. The minimum Gasteiger partial charge on any atom is -0.480 e. The highest BCUT2D eigenvalue weighted by atomic mass is 16.5. The van der Waals surface area contributed by atoms with Crippen LogP contribution in [0.4, 0.5) is 4.79 Å². The Labute approximate surface area is 110 Å². The molecule has 1 heterocycles. The quantitative estimate of drug-likeness (QED) is 0.601. The van der Waals surface area contributed by atoms with Gasteiger partial charge >= 0.3 is 12.0 Å². The standard InChI is InChI=1S/C11H19N3O5/c1-2-7-6-14(3-4-19-7)11(18)13-8(10(16)17)5-9(12)15/h7-8H,2-6H2,1H3,(H2,12,15)(H,13,18)(H,16,17)/t7?,8-/m0/s1. The van der Waals surface area contributed by atoms with Crippen molar-refractivity contribution >= 4 is 17.9 Å². The zero-order valence-electron chi connectivity index (χ0n) is 10.8. The summed E-state index contributed by atoms with van der Waals surface area (Å²) < 4.78 is 5.41. The molecule has 0 saturated carbocycles. The van der Waals surface area contributed by atoms with E-state index in [2.05, 4.69) is 5.32 Å². The molecular formula is C11H19N3O5. The summed E-state index contributed by atoms with van der Waals surface area (Å²) in [6.45, 7) is 3.16. The monoisotopic (exact) mass is 273 g/mol. The Morgan fingerprint density at radius 2 is 2.21 bits per heavy atom. The summed E-state index contributed by atoms with van der Waals surface area (Å²) in [5.41, 5.74) is 4.94. The van der Waals surface area contributed by atoms with Gasteiger partial charge in [0.2, 0.25) is 5.91 Å². The summed E-state index contributed by atoms with van der Waals surface area (Å²) >= 11 is 0. The van der Waals surface area contributed by atoms with Crippen LogP contribution in [0.25, 0.3) is 0 Å². The van der Waals surface area contributed by atoms with Crippen molar-refractivity contribution in [3.05, 3.63) is 0 Å². The van der Waals surface area contributed by atoms with Crippen LogP contribution in [0, 0.1) is 0 Å². The van der Waals surface area contributed by atoms with E-state index >= 15 is 0 Å². The number of carboxylic acids is 1. The molecule has 1 fully saturated rings. The van der Waals surface area contributed by atoms with Gasteiger partial charge in [0.1, 0.15) is 6.04 Å². The largest absolute Gasteiger partial charge is 0.480 e. The number of nitrogens with zero attached hydrogens (tertiary/aromatic N) is 1. The molecule has 4 N–H and O–H groups in total. The summed E-state index contributed by atoms with van der Waals surface area (Å²) in [7, 11) is 0. The Hall–Kier alpha value is -1.83. The first-order chi connectivity index (χ1) is 8.93. The van der Waals surface area contributed by atoms with Gasteiger partial charge in [-0.05, 0) is 6.42 Å². The third kappa shape index (κ3) is 4.74. The molecule has 0 bridgehead atoms. The number of hydrogen-bond donors (Lipinski definition) is 3. The van der Waals surface area contributed by atoms with Gasteiger partial charge in [-0.25, -0.2) is 9.59 Å². The molecule has 1 aliphatic heterocycles. The molecular weight excluding hydrogens is 254 g/mol. The van der Waals surface area contributed by atoms with Gasteiger partial charge in [-0.15, -0.1) is 0 Å². The molecule has 1 aliphatic rings. The molecule has 0 aliphatic carbocycles. The van der Waals surface area contributed by atoms with Crippen molar-refractivity contribution in [3.8, 4) is 0 Å². The Balaban J connectivity index is 2.56. The number of urea groups is 1. The zero-order valence-corrected chi connectivity index (χ0v) is 10.8. The SMILES string of the molecule is CCC1CN(C(=O)N[C@@H](CC(N)=O)C(=O)O)CCO1. The maximum Gasteiger partial charge on any atom is 0.326 e. The first kappa shape index (κ1) is 15.2. The molecule has 0 aromatic rings. The number of primary amides is 1. The molecule has 0 radical (unpaired) electrons. The van der Waals surface area contributed by atoms with Crippen LogP contribution in [0.5, 0.6) is 0 Å². The lowest BCUT2D eigenvalue weighted by molar-refractivity contribution is -0.141. The van der Waals surface area contributed by atoms with Gasteiger partial charge in [0.05, 0.1) is 19.1 Å². The molecule has 1 saturated heterocycles. The van der Waals surface area contributed by atoms with Gasteiger partial charge in [-0.1, -0.05) is 6.92 Å². The summed E-state index contributed by atoms with van der Waals surface area (Å²) in [4.78, 5) is 35.0. The van der Waals surface area contributed by atoms with E-state index < -0.39 is 30.4 Å². The molecule has 0 aromatic carbocycles. The van der Waals surface area contributed by atoms with Crippen LogP contribution in [0.1, 0.15) is 19.8 Å². The molecule has 1 rings (SSSR count). The fourth-order valence-electron chi connectivity index (χ4n) is 1.79. The van der Waals surface area contributed by atoms with Gasteiger partial charge in [0, 0.05) is 13.1 Å². The first-order valence-corrected chi connectivity index (χ1v) is 6.12. The summed E-state index contributed by atoms with van der Waals surface area (Å²) in [6.07, 6.45) is 0.301. The molecule has 3 amide bonds. The fraction of sp³-hybridized carbons (Fsp3) is 0.727. The van der Waals surface area contributed by atoms with Crippen LogP contribution < -0.4 is 11.1 Å². The van der Waals surface area contributed by atoms with Crippen molar-refractivity contribution in [2.45, 2.75) is 31.9 Å². The summed E-state index contributed by atoms with van der Waals surface area (Å²) in [5.74, 6) is -2.06. The second-order valence-electron chi connectivity index (χ2n) is 4.36. The van der Waals surface area contributed by atoms with Crippen molar-refractivity contribution in [3.63, 3.8) is 0 Å². The molecule has 8 heteroatoms. The summed E-state index contributed by atoms with van der Waals surface area (Å²) in [5, 5.41) is 11.2. The number of rotatable bonds is 5. The molecule has 2 atom stereocenters. The first-order valence-electron chi connectivity index (χ1n) is 6.12. The number of hydrogen-bond acceptors (Lipinski definition) is 4. The number of nitrogens with one attached hydrogen (secondary N) is 1. The number of carbonyl (C=O) groups excluding carboxylic acids is 2. The number of aliphatic carboxylic acids is 1. The molecule has 0 spiro atoms. The maximum atomic E-state index is 11.9. The van der Waals surface area contributed by atoms with Crippen LogP contribution in [-0.2, 0) is 14.3 Å². The number of nitrogens with two attached hydrogens (primary N) is 1. The molecule has 0 aromatic heterocycles. The van der Waals surface area contributed by atoms with Crippen LogP contribution in [-0.4, -0.2) is 59.8 Å². The minimum absolute atomic E-state index is 0.0427. The number of ether oxygens (including phenoxy) is 1. The Morgan fingerprint density at radius 1 is 1.53 bits per heavy atom. The van der Waals surface area contributed by atoms with Crippen molar-refractivity contribution in [1.82, 2.24) is 10.2 Å². The van der Waals surface area contributed by atoms with E-state index in [1.165, 1.54) is 4.90 Å². The zero-order chi connectivity index (χ0) is 14.4. The van der Waals surface area contributed by atoms with Gasteiger partial charge in [0.15, 0.2) is 0 Å². The lowest BCUT2D eigenvalue weighted by atomic mass is 10.2. The topological polar surface area (TPSA) is 122 Å². The number of morpholine rings is 1. The smallest absolute Gasteiger partial charge is 0.326 e. The average molecular weight is 273 g/mol. The van der Waals surface area contributed by atoms with E-state index in [4.69, 9.17) is 15.6 Å². The lowest BCUT2D eigenvalue weighted by Crippen LogP contribution is -2.53. The van der Waals surface area contributed by atoms with E-state index in [0.29, 0.717) is 19.7 Å². The predicted octanol–water partition coefficient (Wildman–Crippen LogP) is -0.865. The Kier molecular flexibility index (Phi) is 5.56. The maximum absolute atomic E-state index is 11.9. The molecule has 8 nitrogen and oxygen atoms in total. The Morgan fingerprint density at radius 3 is 2.74 bits per heavy atom. The summed E-state index contributed by atoms with van der Waals surface area (Å²) in [6, 6.07) is -1.82. The van der Waals surface area contributed by atoms with Crippen molar-refractivity contribution in [2.24, 2.45) is 5.73 Å². The third-order valence-corrected chi connectivity index (χ3v) is 2.88. The highest BCUT2D eigenvalue weighted by Crippen LogP contribution is 2.08. The van der Waals surface area contributed by atoms with Gasteiger partial charge in [-0.3, -0.25) is 4.79 Å². The second kappa shape index (κ2) is 6.93. The van der Waals surface area contributed by atoms with E-state index in [1.807, 2.05) is 6.92 Å². The van der Waals surface area contributed by atoms with Crippen molar-refractivity contribution in [1.29, 1.82) is 0 Å². The van der Waals surface area contributed by atoms with Crippen LogP contribution in [0.3, 0.4) is 0 Å². The molecule has 1 unspecified atom stereocenters. The highest BCUT2D eigenvalue weighted by molar-refractivity contribution is 5.87. The van der Waals surface area contributed by atoms with E-state index in [1.54, 1.807) is 0 Å². The number of carbonyl (C=O) groups is 3. The lowest BCUT2D eigenvalue weighted by Gasteiger charge is -2.33. The van der Waals surface area contributed by atoms with Gasteiger partial charge in [0.25, 0.3) is 0 Å². The predicted molar refractivity (Wildman–Crippen MR) is 65.4 cm³/mol.